The van der Waals surface area contributed by atoms with Crippen LogP contribution in [0.25, 0.3) is 44.7 Å². The van der Waals surface area contributed by atoms with Crippen molar-refractivity contribution in [3.05, 3.63) is 135 Å². The fourth-order valence-corrected chi connectivity index (χ4v) is 7.34. The summed E-state index contributed by atoms with van der Waals surface area (Å²) in [5.41, 5.74) is 4.39. The molecule has 4 fully saturated rings. The molecule has 4 aliphatic rings. The highest BCUT2D eigenvalue weighted by Gasteiger charge is 2.36. The van der Waals surface area contributed by atoms with E-state index in [9.17, 15) is 27.2 Å². The largest absolute Gasteiger partial charge is 0.481 e. The molecule has 0 atom stereocenters. The Kier molecular flexibility index (Phi) is 14.6. The smallest absolute Gasteiger partial charge is 0.300 e. The molecule has 11 rings (SSSR count). The van der Waals surface area contributed by atoms with E-state index in [1.807, 2.05) is 12.1 Å². The summed E-state index contributed by atoms with van der Waals surface area (Å²) in [5, 5.41) is 7.42. The molecule has 5 aromatic heterocycles. The number of hydrogen-bond donors (Lipinski definition) is 3. The van der Waals surface area contributed by atoms with Crippen LogP contribution in [0.2, 0.25) is 0 Å². The molecule has 2 aromatic carbocycles. The number of fused-ring (bicyclic) bond motifs is 2. The molecule has 21 heteroatoms. The zero-order chi connectivity index (χ0) is 43.4. The van der Waals surface area contributed by atoms with E-state index >= 15 is 0 Å². The van der Waals surface area contributed by atoms with Crippen LogP contribution in [0, 0.1) is 23.3 Å². The Morgan fingerprint density at radius 3 is 1.65 bits per heavy atom. The van der Waals surface area contributed by atoms with Gasteiger partial charge in [-0.05, 0) is 105 Å². The predicted molar refractivity (Wildman–Crippen MR) is 227 cm³/mol. The Bertz CT molecular complexity index is 2740. The van der Waals surface area contributed by atoms with Gasteiger partial charge in [-0.25, -0.2) is 32.5 Å². The zero-order valence-corrected chi connectivity index (χ0v) is 35.7. The molecule has 0 saturated carbocycles. The third kappa shape index (κ3) is 10.9. The highest BCUT2D eigenvalue weighted by Crippen LogP contribution is 2.30. The van der Waals surface area contributed by atoms with Gasteiger partial charge in [-0.3, -0.25) is 44.0 Å². The number of imidazole rings is 1. The SMILES string of the molecule is C1N2CN3CN1CN(C2)C3.CC(=O)O.Fc1ccc(-c2nc[nH]c2-c2ccc3ncc(Br)cc3n2)cc1F.N.O=C(C(=O)c1ccc2ncc(Br)cc2n1)c1ccc(F)c(F)c1. The van der Waals surface area contributed by atoms with Crippen LogP contribution in [0.5, 0.6) is 0 Å². The molecule has 0 amide bonds. The summed E-state index contributed by atoms with van der Waals surface area (Å²) >= 11 is 6.61. The number of H-pyrrole nitrogens is 1. The van der Waals surface area contributed by atoms with Gasteiger partial charge < -0.3 is 16.2 Å². The van der Waals surface area contributed by atoms with Gasteiger partial charge in [-0.2, -0.15) is 0 Å². The van der Waals surface area contributed by atoms with Crippen LogP contribution in [0.3, 0.4) is 0 Å². The van der Waals surface area contributed by atoms with E-state index in [4.69, 9.17) is 9.90 Å². The van der Waals surface area contributed by atoms with Crippen LogP contribution in [0.1, 0.15) is 27.8 Å². The normalized spacial score (nSPS) is 18.0. The molecule has 0 spiro atoms. The number of nitrogens with zero attached hydrogens (tertiary/aromatic N) is 9. The van der Waals surface area contributed by atoms with Crippen molar-refractivity contribution in [3.63, 3.8) is 0 Å². The van der Waals surface area contributed by atoms with E-state index < -0.39 is 40.8 Å². The molecule has 0 unspecified atom stereocenters. The summed E-state index contributed by atoms with van der Waals surface area (Å²) in [4.78, 5) is 67.5. The molecule has 9 heterocycles. The Morgan fingerprint density at radius 2 is 1.11 bits per heavy atom. The second-order valence-corrected chi connectivity index (χ2v) is 15.7. The van der Waals surface area contributed by atoms with Gasteiger partial charge in [0.2, 0.25) is 5.78 Å². The van der Waals surface area contributed by atoms with Crippen molar-refractivity contribution in [2.45, 2.75) is 6.92 Å². The molecule has 15 nitrogen and oxygen atoms in total. The van der Waals surface area contributed by atoms with E-state index in [1.165, 1.54) is 58.5 Å². The summed E-state index contributed by atoms with van der Waals surface area (Å²) in [6, 6.07) is 16.3. The molecule has 62 heavy (non-hydrogen) atoms. The highest BCUT2D eigenvalue weighted by atomic mass is 79.9. The molecule has 4 saturated heterocycles. The second-order valence-electron chi connectivity index (χ2n) is 13.9. The van der Waals surface area contributed by atoms with Crippen LogP contribution < -0.4 is 6.15 Å². The number of aromatic amines is 1. The molecule has 320 valence electrons. The predicted octanol–water partition coefficient (Wildman–Crippen LogP) is 7.70. The quantitative estimate of drug-likeness (QED) is 0.0861. The Labute approximate surface area is 367 Å². The molecular weight excluding hydrogens is 946 g/mol. The van der Waals surface area contributed by atoms with Crippen molar-refractivity contribution in [3.8, 4) is 22.6 Å². The Morgan fingerprint density at radius 1 is 0.613 bits per heavy atom. The number of Topliss-reactive ketones (excluding diaryl/α,β-unsaturated/α-hetero) is 2. The maximum atomic E-state index is 13.5. The average molecular weight is 982 g/mol. The Balaban J connectivity index is 0.000000156. The number of carboxylic acid groups (broad SMARTS) is 1. The third-order valence-electron chi connectivity index (χ3n) is 9.12. The summed E-state index contributed by atoms with van der Waals surface area (Å²) in [5.74, 6) is -6.79. The lowest BCUT2D eigenvalue weighted by Crippen LogP contribution is -2.71. The minimum Gasteiger partial charge on any atom is -0.481 e. The average Bonchev–Trinajstić information content (AvgIpc) is 3.72. The number of benzene rings is 2. The van der Waals surface area contributed by atoms with E-state index in [-0.39, 0.29) is 17.4 Å². The second kappa shape index (κ2) is 19.8. The number of carboxylic acids is 1. The highest BCUT2D eigenvalue weighted by molar-refractivity contribution is 9.10. The van der Waals surface area contributed by atoms with Gasteiger partial charge in [0.1, 0.15) is 5.69 Å². The van der Waals surface area contributed by atoms with Crippen molar-refractivity contribution in [2.24, 2.45) is 0 Å². The van der Waals surface area contributed by atoms with Crippen molar-refractivity contribution >= 4 is 71.5 Å². The summed E-state index contributed by atoms with van der Waals surface area (Å²) in [6.07, 6.45) is 4.78. The Hall–Kier alpha value is -5.94. The minimum absolute atomic E-state index is 0. The standard InChI is InChI=1S/C17H9BrF2N4.C16H7BrF2N2O2.C6H12N4.C2H4O2.H3N/c18-10-6-15-13(21-7-10)3-4-14(24-15)17-16(22-8-23-17)9-1-2-11(19)12(20)5-9;17-9-6-14-12(20-7-9)3-4-13(21-14)16(23)15(22)8-1-2-10(18)11(19)5-8;1-7-2-9-4-8(1)5-10(3-7)6-9;1-2(3)4;/h1-8H,(H,22,23);1-7H;1-6H2;1H3,(H,3,4);1H3. The van der Waals surface area contributed by atoms with Gasteiger partial charge in [0, 0.05) is 39.4 Å². The van der Waals surface area contributed by atoms with Gasteiger partial charge in [0.25, 0.3) is 11.8 Å². The lowest BCUT2D eigenvalue weighted by Gasteiger charge is -2.56. The summed E-state index contributed by atoms with van der Waals surface area (Å²) < 4.78 is 54.3. The van der Waals surface area contributed by atoms with E-state index in [0.29, 0.717) is 49.7 Å². The van der Waals surface area contributed by atoms with Crippen molar-refractivity contribution in [1.29, 1.82) is 0 Å². The molecule has 7 aromatic rings. The number of pyridine rings is 4. The fourth-order valence-electron chi connectivity index (χ4n) is 6.70. The van der Waals surface area contributed by atoms with Gasteiger partial charge in [0.05, 0.1) is 85.5 Å². The number of nitrogens with one attached hydrogen (secondary N) is 1. The van der Waals surface area contributed by atoms with E-state index in [1.54, 1.807) is 30.6 Å². The summed E-state index contributed by atoms with van der Waals surface area (Å²) in [7, 11) is 0. The molecule has 0 radical (unpaired) electrons. The van der Waals surface area contributed by atoms with E-state index in [0.717, 1.165) is 41.2 Å². The number of rotatable bonds is 5. The molecule has 0 aliphatic carbocycles. The van der Waals surface area contributed by atoms with Crippen molar-refractivity contribution in [2.75, 3.05) is 40.0 Å². The molecule has 5 N–H and O–H groups in total. The lowest BCUT2D eigenvalue weighted by atomic mass is 10.0. The monoisotopic (exact) mass is 979 g/mol. The number of ketones is 2. The van der Waals surface area contributed by atoms with Crippen LogP contribution in [-0.2, 0) is 4.79 Å². The maximum absolute atomic E-state index is 13.5. The van der Waals surface area contributed by atoms with Crippen molar-refractivity contribution in [1.82, 2.24) is 55.7 Å². The lowest BCUT2D eigenvalue weighted by molar-refractivity contribution is -0.194. The van der Waals surface area contributed by atoms with Gasteiger partial charge in [0.15, 0.2) is 23.3 Å². The number of carbonyl (C=O) groups excluding carboxylic acids is 2. The first-order valence-corrected chi connectivity index (χ1v) is 19.8. The maximum Gasteiger partial charge on any atom is 0.300 e. The van der Waals surface area contributed by atoms with E-state index in [2.05, 4.69) is 81.4 Å². The van der Waals surface area contributed by atoms with Crippen LogP contribution in [0.4, 0.5) is 17.6 Å². The first-order chi connectivity index (χ1) is 29.2. The first kappa shape index (κ1) is 45.6. The number of hydrogen-bond acceptors (Lipinski definition) is 13. The minimum atomic E-state index is -1.19. The fraction of sp³-hybridized carbons (Fsp3) is 0.171. The number of aliphatic carboxylic acids is 1. The topological polar surface area (TPSA) is 200 Å². The zero-order valence-electron chi connectivity index (χ0n) is 32.6. The van der Waals surface area contributed by atoms with Crippen LogP contribution in [-0.4, -0.2) is 112 Å². The van der Waals surface area contributed by atoms with Crippen LogP contribution >= 0.6 is 31.9 Å². The number of carbonyl (C=O) groups is 3. The van der Waals surface area contributed by atoms with Crippen LogP contribution in [0.15, 0.2) is 100 Å². The van der Waals surface area contributed by atoms with Gasteiger partial charge in [-0.1, -0.05) is 0 Å². The van der Waals surface area contributed by atoms with Gasteiger partial charge in [-0.15, -0.1) is 0 Å². The summed E-state index contributed by atoms with van der Waals surface area (Å²) in [6.45, 7) is 8.21. The van der Waals surface area contributed by atoms with Gasteiger partial charge >= 0.3 is 0 Å². The first-order valence-electron chi connectivity index (χ1n) is 18.2. The molecular formula is C41H35Br2F4N11O4. The van der Waals surface area contributed by atoms with Crippen molar-refractivity contribution < 1.29 is 37.1 Å². The third-order valence-corrected chi connectivity index (χ3v) is 9.98. The number of aromatic nitrogens is 6. The number of halogens is 6. The molecule has 4 bridgehead atoms. The molecule has 4 aliphatic heterocycles.